The van der Waals surface area contributed by atoms with Crippen LogP contribution in [-0.4, -0.2) is 60.1 Å². The van der Waals surface area contributed by atoms with Crippen LogP contribution in [0.3, 0.4) is 0 Å². The lowest BCUT2D eigenvalue weighted by atomic mass is 10.2. The Morgan fingerprint density at radius 1 is 1.17 bits per heavy atom. The maximum Gasteiger partial charge on any atom is 0.337 e. The molecule has 0 atom stereocenters. The van der Waals surface area contributed by atoms with Gasteiger partial charge in [-0.1, -0.05) is 17.7 Å². The Morgan fingerprint density at radius 2 is 1.97 bits per heavy atom. The fourth-order valence-corrected chi connectivity index (χ4v) is 3.52. The van der Waals surface area contributed by atoms with E-state index < -0.39 is 5.97 Å². The van der Waals surface area contributed by atoms with E-state index in [2.05, 4.69) is 15.2 Å². The van der Waals surface area contributed by atoms with Crippen LogP contribution in [0.15, 0.2) is 46.9 Å². The lowest BCUT2D eigenvalue weighted by Gasteiger charge is -2.34. The number of piperazine rings is 1. The van der Waals surface area contributed by atoms with Crippen molar-refractivity contribution in [1.29, 1.82) is 0 Å². The molecule has 0 spiro atoms. The molecule has 2 amide bonds. The number of anilines is 1. The van der Waals surface area contributed by atoms with Gasteiger partial charge in [0.2, 0.25) is 5.89 Å². The van der Waals surface area contributed by atoms with E-state index >= 15 is 0 Å². The van der Waals surface area contributed by atoms with Gasteiger partial charge < -0.3 is 19.4 Å². The first-order chi connectivity index (χ1) is 14.5. The number of amides is 2. The summed E-state index contributed by atoms with van der Waals surface area (Å²) in [6.45, 7) is 3.14. The van der Waals surface area contributed by atoms with Crippen molar-refractivity contribution in [3.63, 3.8) is 0 Å². The molecule has 2 heterocycles. The Morgan fingerprint density at radius 3 is 2.73 bits per heavy atom. The van der Waals surface area contributed by atoms with Crippen LogP contribution in [0.25, 0.3) is 11.1 Å². The summed E-state index contributed by atoms with van der Waals surface area (Å²) in [7, 11) is 1.32. The van der Waals surface area contributed by atoms with Gasteiger partial charge in [0.25, 0.3) is 0 Å². The first-order valence-corrected chi connectivity index (χ1v) is 9.91. The Hall–Kier alpha value is -3.10. The summed E-state index contributed by atoms with van der Waals surface area (Å²) in [5.74, 6) is 0.186. The number of carbonyl (C=O) groups excluding carboxylic acids is 2. The predicted octanol–water partition coefficient (Wildman–Crippen LogP) is 3.62. The normalized spacial score (nSPS) is 14.7. The maximum absolute atomic E-state index is 12.6. The number of esters is 1. The van der Waals surface area contributed by atoms with Gasteiger partial charge in [0.1, 0.15) is 5.52 Å². The van der Waals surface area contributed by atoms with Crippen molar-refractivity contribution in [2.45, 2.75) is 6.54 Å². The van der Waals surface area contributed by atoms with Gasteiger partial charge in [-0.2, -0.15) is 0 Å². The lowest BCUT2D eigenvalue weighted by molar-refractivity contribution is 0.0600. The van der Waals surface area contributed by atoms with E-state index in [4.69, 9.17) is 20.8 Å². The van der Waals surface area contributed by atoms with Crippen molar-refractivity contribution in [2.24, 2.45) is 0 Å². The molecule has 9 heteroatoms. The van der Waals surface area contributed by atoms with E-state index in [0.717, 1.165) is 5.52 Å². The minimum Gasteiger partial charge on any atom is -0.465 e. The number of hydrogen-bond donors (Lipinski definition) is 1. The number of carbonyl (C=O) groups is 2. The van der Waals surface area contributed by atoms with Crippen molar-refractivity contribution in [3.05, 3.63) is 58.9 Å². The lowest BCUT2D eigenvalue weighted by Crippen LogP contribution is -2.49. The van der Waals surface area contributed by atoms with Crippen molar-refractivity contribution in [1.82, 2.24) is 14.8 Å². The summed E-state index contributed by atoms with van der Waals surface area (Å²) in [5.41, 5.74) is 2.39. The van der Waals surface area contributed by atoms with Crippen LogP contribution in [0.2, 0.25) is 5.02 Å². The van der Waals surface area contributed by atoms with Crippen LogP contribution in [0, 0.1) is 0 Å². The number of rotatable bonds is 4. The first-order valence-electron chi connectivity index (χ1n) is 9.53. The molecule has 1 aromatic heterocycles. The highest BCUT2D eigenvalue weighted by Crippen LogP contribution is 2.21. The Balaban J connectivity index is 1.31. The highest BCUT2D eigenvalue weighted by atomic mass is 35.5. The number of fused-ring (bicyclic) bond motifs is 1. The molecule has 1 aliphatic heterocycles. The predicted molar refractivity (Wildman–Crippen MR) is 113 cm³/mol. The third-order valence-corrected chi connectivity index (χ3v) is 5.18. The number of urea groups is 1. The zero-order valence-electron chi connectivity index (χ0n) is 16.4. The average molecular weight is 429 g/mol. The number of nitrogens with one attached hydrogen (secondary N) is 1. The molecule has 1 saturated heterocycles. The highest BCUT2D eigenvalue weighted by molar-refractivity contribution is 6.31. The number of aromatic nitrogens is 1. The van der Waals surface area contributed by atoms with Crippen molar-refractivity contribution < 1.29 is 18.7 Å². The standard InChI is InChI=1S/C21H21ClN4O4/c1-29-20(27)14-3-2-4-16(11-14)23-21(28)26-9-7-25(8-10-26)13-19-24-17-6-5-15(22)12-18(17)30-19/h2-6,11-12H,7-10,13H2,1H3,(H,23,28). The summed E-state index contributed by atoms with van der Waals surface area (Å²) in [5, 5.41) is 3.45. The van der Waals surface area contributed by atoms with Gasteiger partial charge in [-0.25, -0.2) is 14.6 Å². The van der Waals surface area contributed by atoms with Crippen molar-refractivity contribution in [2.75, 3.05) is 38.6 Å². The Kier molecular flexibility index (Phi) is 5.87. The third kappa shape index (κ3) is 4.55. The molecule has 0 radical (unpaired) electrons. The van der Waals surface area contributed by atoms with Crippen LogP contribution in [-0.2, 0) is 11.3 Å². The summed E-state index contributed by atoms with van der Waals surface area (Å²) in [6, 6.07) is 11.8. The second-order valence-corrected chi connectivity index (χ2v) is 7.42. The van der Waals surface area contributed by atoms with Crippen LogP contribution in [0.1, 0.15) is 16.2 Å². The number of oxazole rings is 1. The monoisotopic (exact) mass is 428 g/mol. The van der Waals surface area contributed by atoms with Gasteiger partial charge in [-0.3, -0.25) is 4.90 Å². The minimum atomic E-state index is -0.443. The molecule has 1 aliphatic rings. The summed E-state index contributed by atoms with van der Waals surface area (Å²) in [6.07, 6.45) is 0. The zero-order valence-corrected chi connectivity index (χ0v) is 17.2. The molecule has 0 unspecified atom stereocenters. The molecule has 0 bridgehead atoms. The molecule has 0 aliphatic carbocycles. The molecule has 3 aromatic rings. The number of hydrogen-bond acceptors (Lipinski definition) is 6. The van der Waals surface area contributed by atoms with E-state index in [0.29, 0.717) is 60.5 Å². The topological polar surface area (TPSA) is 87.9 Å². The van der Waals surface area contributed by atoms with Gasteiger partial charge >= 0.3 is 12.0 Å². The van der Waals surface area contributed by atoms with E-state index in [9.17, 15) is 9.59 Å². The number of halogens is 1. The quantitative estimate of drug-likeness (QED) is 0.638. The minimum absolute atomic E-state index is 0.201. The van der Waals surface area contributed by atoms with E-state index in [1.165, 1.54) is 7.11 Å². The van der Waals surface area contributed by atoms with Crippen LogP contribution < -0.4 is 5.32 Å². The number of methoxy groups -OCH3 is 1. The molecular formula is C21H21ClN4O4. The van der Waals surface area contributed by atoms with Gasteiger partial charge in [-0.05, 0) is 30.3 Å². The first kappa shape index (κ1) is 20.2. The number of benzene rings is 2. The smallest absolute Gasteiger partial charge is 0.337 e. The van der Waals surface area contributed by atoms with Crippen LogP contribution >= 0.6 is 11.6 Å². The van der Waals surface area contributed by atoms with E-state index in [1.807, 2.05) is 6.07 Å². The number of ether oxygens (including phenoxy) is 1. The largest absolute Gasteiger partial charge is 0.465 e. The van der Waals surface area contributed by atoms with E-state index in [-0.39, 0.29) is 6.03 Å². The average Bonchev–Trinajstić information content (AvgIpc) is 3.15. The third-order valence-electron chi connectivity index (χ3n) is 4.95. The van der Waals surface area contributed by atoms with E-state index in [1.54, 1.807) is 41.3 Å². The molecule has 1 fully saturated rings. The SMILES string of the molecule is COC(=O)c1cccc(NC(=O)N2CCN(Cc3nc4ccc(Cl)cc4o3)CC2)c1. The van der Waals surface area contributed by atoms with Crippen molar-refractivity contribution >= 4 is 40.4 Å². The van der Waals surface area contributed by atoms with Gasteiger partial charge in [0, 0.05) is 43.0 Å². The van der Waals surface area contributed by atoms with Crippen molar-refractivity contribution in [3.8, 4) is 0 Å². The van der Waals surface area contributed by atoms with Gasteiger partial charge in [0.05, 0.1) is 19.2 Å². The van der Waals surface area contributed by atoms with Gasteiger partial charge in [-0.15, -0.1) is 0 Å². The molecular weight excluding hydrogens is 408 g/mol. The summed E-state index contributed by atoms with van der Waals surface area (Å²) < 4.78 is 10.5. The zero-order chi connectivity index (χ0) is 21.1. The summed E-state index contributed by atoms with van der Waals surface area (Å²) >= 11 is 5.99. The van der Waals surface area contributed by atoms with Crippen LogP contribution in [0.4, 0.5) is 10.5 Å². The summed E-state index contributed by atoms with van der Waals surface area (Å²) in [4.78, 5) is 32.6. The maximum atomic E-state index is 12.6. The molecule has 8 nitrogen and oxygen atoms in total. The second-order valence-electron chi connectivity index (χ2n) is 6.99. The Bertz CT molecular complexity index is 1080. The molecule has 0 saturated carbocycles. The molecule has 30 heavy (non-hydrogen) atoms. The molecule has 1 N–H and O–H groups in total. The second kappa shape index (κ2) is 8.73. The highest BCUT2D eigenvalue weighted by Gasteiger charge is 2.22. The Labute approximate surface area is 178 Å². The molecule has 156 valence electrons. The van der Waals surface area contributed by atoms with Crippen LogP contribution in [0.5, 0.6) is 0 Å². The fraction of sp³-hybridized carbons (Fsp3) is 0.286. The number of nitrogens with zero attached hydrogens (tertiary/aromatic N) is 3. The van der Waals surface area contributed by atoms with Gasteiger partial charge in [0.15, 0.2) is 5.58 Å². The molecule has 4 rings (SSSR count). The molecule has 2 aromatic carbocycles. The fourth-order valence-electron chi connectivity index (χ4n) is 3.36.